The van der Waals surface area contributed by atoms with Crippen LogP contribution in [0.5, 0.6) is 0 Å². The summed E-state index contributed by atoms with van der Waals surface area (Å²) in [5, 5.41) is 3.97. The average molecular weight is 199 g/mol. The highest BCUT2D eigenvalue weighted by atomic mass is 32.1. The number of nitrogens with zero attached hydrogens (tertiary/aromatic N) is 1. The Hall–Kier alpha value is -0.480. The Balaban J connectivity index is 2.40. The van der Waals surface area contributed by atoms with Crippen LogP contribution in [0, 0.1) is 0 Å². The van der Waals surface area contributed by atoms with Gasteiger partial charge in [0.2, 0.25) is 0 Å². The maximum atomic E-state index is 5.68. The van der Waals surface area contributed by atoms with E-state index in [1.54, 1.807) is 0 Å². The number of fused-ring (bicyclic) bond motifs is 1. The molecule has 72 valence electrons. The third kappa shape index (κ3) is 1.48. The lowest BCUT2D eigenvalue weighted by molar-refractivity contribution is -0.0101. The van der Waals surface area contributed by atoms with E-state index in [0.717, 1.165) is 23.4 Å². The van der Waals surface area contributed by atoms with Crippen molar-refractivity contribution in [3.05, 3.63) is 17.0 Å². The van der Waals surface area contributed by atoms with Gasteiger partial charge in [0.1, 0.15) is 5.76 Å². The molecule has 0 saturated carbocycles. The highest BCUT2D eigenvalue weighted by molar-refractivity contribution is 7.79. The SMILES string of the molecule is CC1Cc2onc(CS)c2C(C)O1. The van der Waals surface area contributed by atoms with Crippen LogP contribution < -0.4 is 0 Å². The molecule has 1 aliphatic heterocycles. The number of ether oxygens (including phenoxy) is 1. The average Bonchev–Trinajstić information content (AvgIpc) is 2.47. The second-order valence-electron chi connectivity index (χ2n) is 3.42. The minimum Gasteiger partial charge on any atom is -0.370 e. The summed E-state index contributed by atoms with van der Waals surface area (Å²) in [4.78, 5) is 0. The lowest BCUT2D eigenvalue weighted by Gasteiger charge is -2.24. The summed E-state index contributed by atoms with van der Waals surface area (Å²) in [6.45, 7) is 4.07. The normalized spacial score (nSPS) is 27.3. The van der Waals surface area contributed by atoms with E-state index >= 15 is 0 Å². The van der Waals surface area contributed by atoms with E-state index < -0.39 is 0 Å². The third-order valence-corrected chi connectivity index (χ3v) is 2.64. The Bertz CT molecular complexity index is 311. The molecule has 1 aromatic rings. The van der Waals surface area contributed by atoms with Crippen molar-refractivity contribution in [2.24, 2.45) is 0 Å². The number of thiol groups is 1. The molecule has 1 aliphatic rings. The van der Waals surface area contributed by atoms with E-state index in [-0.39, 0.29) is 12.2 Å². The van der Waals surface area contributed by atoms with E-state index in [2.05, 4.69) is 17.8 Å². The molecule has 4 heteroatoms. The molecule has 0 spiro atoms. The van der Waals surface area contributed by atoms with Gasteiger partial charge in [-0.25, -0.2) is 0 Å². The highest BCUT2D eigenvalue weighted by Gasteiger charge is 2.28. The second kappa shape index (κ2) is 3.35. The summed E-state index contributed by atoms with van der Waals surface area (Å²) >= 11 is 4.20. The fraction of sp³-hybridized carbons (Fsp3) is 0.667. The number of aromatic nitrogens is 1. The Labute approximate surface area is 82.8 Å². The van der Waals surface area contributed by atoms with Gasteiger partial charge in [-0.05, 0) is 13.8 Å². The van der Waals surface area contributed by atoms with Crippen molar-refractivity contribution in [1.82, 2.24) is 5.16 Å². The molecule has 0 aromatic carbocycles. The lowest BCUT2D eigenvalue weighted by Crippen LogP contribution is -2.21. The number of rotatable bonds is 1. The van der Waals surface area contributed by atoms with E-state index in [0.29, 0.717) is 5.75 Å². The maximum Gasteiger partial charge on any atom is 0.145 e. The van der Waals surface area contributed by atoms with Gasteiger partial charge in [-0.15, -0.1) is 0 Å². The van der Waals surface area contributed by atoms with Crippen LogP contribution in [-0.4, -0.2) is 11.3 Å². The molecule has 0 bridgehead atoms. The zero-order valence-corrected chi connectivity index (χ0v) is 8.67. The molecule has 0 saturated heterocycles. The topological polar surface area (TPSA) is 35.3 Å². The summed E-state index contributed by atoms with van der Waals surface area (Å²) < 4.78 is 10.9. The largest absolute Gasteiger partial charge is 0.370 e. The molecule has 2 atom stereocenters. The smallest absolute Gasteiger partial charge is 0.145 e. The first kappa shape index (κ1) is 9.09. The predicted molar refractivity (Wildman–Crippen MR) is 51.9 cm³/mol. The molecule has 2 unspecified atom stereocenters. The quantitative estimate of drug-likeness (QED) is 0.704. The molecule has 0 fully saturated rings. The van der Waals surface area contributed by atoms with Crippen LogP contribution in [0.25, 0.3) is 0 Å². The van der Waals surface area contributed by atoms with E-state index in [4.69, 9.17) is 9.26 Å². The van der Waals surface area contributed by atoms with Gasteiger partial charge in [-0.2, -0.15) is 12.6 Å². The minimum absolute atomic E-state index is 0.0900. The van der Waals surface area contributed by atoms with Gasteiger partial charge in [-0.3, -0.25) is 0 Å². The van der Waals surface area contributed by atoms with Gasteiger partial charge in [-0.1, -0.05) is 5.16 Å². The zero-order valence-electron chi connectivity index (χ0n) is 7.78. The highest BCUT2D eigenvalue weighted by Crippen LogP contribution is 2.32. The summed E-state index contributed by atoms with van der Waals surface area (Å²) in [5.74, 6) is 1.58. The summed E-state index contributed by atoms with van der Waals surface area (Å²) in [6, 6.07) is 0. The van der Waals surface area contributed by atoms with Crippen LogP contribution in [0.15, 0.2) is 4.52 Å². The summed E-state index contributed by atoms with van der Waals surface area (Å²) in [7, 11) is 0. The van der Waals surface area contributed by atoms with Crippen LogP contribution in [0.4, 0.5) is 0 Å². The van der Waals surface area contributed by atoms with E-state index in [1.165, 1.54) is 0 Å². The van der Waals surface area contributed by atoms with Crippen molar-refractivity contribution in [2.45, 2.75) is 38.2 Å². The molecular formula is C9H13NO2S. The summed E-state index contributed by atoms with van der Waals surface area (Å²) in [6.07, 6.45) is 1.14. The van der Waals surface area contributed by atoms with Crippen LogP contribution in [0.3, 0.4) is 0 Å². The van der Waals surface area contributed by atoms with Gasteiger partial charge in [0, 0.05) is 17.7 Å². The van der Waals surface area contributed by atoms with Gasteiger partial charge < -0.3 is 9.26 Å². The van der Waals surface area contributed by atoms with Crippen molar-refractivity contribution in [2.75, 3.05) is 0 Å². The van der Waals surface area contributed by atoms with Crippen molar-refractivity contribution >= 4 is 12.6 Å². The Morgan fingerprint density at radius 1 is 1.54 bits per heavy atom. The first-order valence-corrected chi connectivity index (χ1v) is 5.09. The fourth-order valence-electron chi connectivity index (χ4n) is 1.82. The molecule has 1 aromatic heterocycles. The van der Waals surface area contributed by atoms with Gasteiger partial charge in [0.15, 0.2) is 0 Å². The molecular weight excluding hydrogens is 186 g/mol. The lowest BCUT2D eigenvalue weighted by atomic mass is 10.0. The molecule has 2 heterocycles. The van der Waals surface area contributed by atoms with Crippen molar-refractivity contribution in [3.63, 3.8) is 0 Å². The van der Waals surface area contributed by atoms with E-state index in [9.17, 15) is 0 Å². The Morgan fingerprint density at radius 2 is 2.31 bits per heavy atom. The molecule has 2 rings (SSSR count). The van der Waals surface area contributed by atoms with Crippen LogP contribution in [-0.2, 0) is 16.9 Å². The second-order valence-corrected chi connectivity index (χ2v) is 3.73. The molecule has 0 N–H and O–H groups in total. The first-order valence-electron chi connectivity index (χ1n) is 4.46. The number of hydrogen-bond acceptors (Lipinski definition) is 4. The minimum atomic E-state index is 0.0900. The summed E-state index contributed by atoms with van der Waals surface area (Å²) in [5.41, 5.74) is 2.02. The van der Waals surface area contributed by atoms with Crippen molar-refractivity contribution in [3.8, 4) is 0 Å². The Morgan fingerprint density at radius 3 is 3.00 bits per heavy atom. The van der Waals surface area contributed by atoms with Gasteiger partial charge >= 0.3 is 0 Å². The van der Waals surface area contributed by atoms with Crippen LogP contribution in [0.2, 0.25) is 0 Å². The zero-order chi connectivity index (χ0) is 9.42. The molecule has 3 nitrogen and oxygen atoms in total. The number of hydrogen-bond donors (Lipinski definition) is 1. The Kier molecular flexibility index (Phi) is 2.34. The monoisotopic (exact) mass is 199 g/mol. The molecule has 0 radical (unpaired) electrons. The van der Waals surface area contributed by atoms with Crippen LogP contribution >= 0.6 is 12.6 Å². The fourth-order valence-corrected chi connectivity index (χ4v) is 2.05. The van der Waals surface area contributed by atoms with Crippen molar-refractivity contribution in [1.29, 1.82) is 0 Å². The third-order valence-electron chi connectivity index (χ3n) is 2.34. The maximum absolute atomic E-state index is 5.68. The van der Waals surface area contributed by atoms with Crippen LogP contribution in [0.1, 0.15) is 37.0 Å². The first-order chi connectivity index (χ1) is 6.22. The molecule has 0 amide bonds. The van der Waals surface area contributed by atoms with E-state index in [1.807, 2.05) is 13.8 Å². The molecule has 0 aliphatic carbocycles. The standard InChI is InChI=1S/C9H13NO2S/c1-5-3-8-9(6(2)11-5)7(4-13)10-12-8/h5-6,13H,3-4H2,1-2H3. The van der Waals surface area contributed by atoms with Crippen molar-refractivity contribution < 1.29 is 9.26 Å². The van der Waals surface area contributed by atoms with Gasteiger partial charge in [0.05, 0.1) is 17.9 Å². The molecule has 13 heavy (non-hydrogen) atoms. The predicted octanol–water partition coefficient (Wildman–Crippen LogP) is 2.13. The van der Waals surface area contributed by atoms with Gasteiger partial charge in [0.25, 0.3) is 0 Å².